The molecule has 1 atom stereocenters. The molecule has 4 nitrogen and oxygen atoms in total. The Bertz CT molecular complexity index is 521. The van der Waals surface area contributed by atoms with Crippen LogP contribution in [0.2, 0.25) is 0 Å². The van der Waals surface area contributed by atoms with Gasteiger partial charge in [-0.2, -0.15) is 0 Å². The molecule has 0 radical (unpaired) electrons. The fraction of sp³-hybridized carbons (Fsp3) is 0.353. The molecule has 1 amide bonds. The number of ether oxygens (including phenoxy) is 1. The molecule has 0 aliphatic rings. The van der Waals surface area contributed by atoms with Crippen LogP contribution in [-0.4, -0.2) is 24.7 Å². The number of benzene rings is 1. The molecular weight excluding hydrogens is 266 g/mol. The number of methoxy groups -OCH3 is 1. The number of hydrogen-bond acceptors (Lipinski definition) is 3. The summed E-state index contributed by atoms with van der Waals surface area (Å²) in [5.74, 6) is 0.461. The molecule has 114 valence electrons. The van der Waals surface area contributed by atoms with Crippen molar-refractivity contribution in [2.24, 2.45) is 0 Å². The summed E-state index contributed by atoms with van der Waals surface area (Å²) in [6.07, 6.45) is 5.36. The summed E-state index contributed by atoms with van der Waals surface area (Å²) >= 11 is 0. The van der Waals surface area contributed by atoms with Gasteiger partial charge in [-0.15, -0.1) is 0 Å². The molecule has 0 aliphatic heterocycles. The number of amides is 1. The van der Waals surface area contributed by atoms with Gasteiger partial charge in [0.2, 0.25) is 5.91 Å². The van der Waals surface area contributed by atoms with Crippen LogP contribution < -0.4 is 10.1 Å². The van der Waals surface area contributed by atoms with Gasteiger partial charge >= 0.3 is 0 Å². The van der Waals surface area contributed by atoms with E-state index in [1.54, 1.807) is 37.5 Å². The molecule has 0 heterocycles. The number of carbonyl (C=O) groups is 1. The molecule has 1 aromatic rings. The molecule has 0 aliphatic carbocycles. The lowest BCUT2D eigenvalue weighted by Gasteiger charge is -2.12. The van der Waals surface area contributed by atoms with Crippen LogP contribution in [0.1, 0.15) is 31.9 Å². The lowest BCUT2D eigenvalue weighted by molar-refractivity contribution is -0.116. The van der Waals surface area contributed by atoms with Gasteiger partial charge in [-0.1, -0.05) is 36.8 Å². The maximum Gasteiger partial charge on any atom is 0.244 e. The largest absolute Gasteiger partial charge is 0.497 e. The van der Waals surface area contributed by atoms with Gasteiger partial charge in [-0.3, -0.25) is 4.79 Å². The predicted octanol–water partition coefficient (Wildman–Crippen LogP) is 2.76. The lowest BCUT2D eigenvalue weighted by atomic mass is 10.1. The molecule has 0 fully saturated rings. The Morgan fingerprint density at radius 1 is 1.43 bits per heavy atom. The highest BCUT2D eigenvalue weighted by molar-refractivity contribution is 5.87. The minimum absolute atomic E-state index is 0.160. The number of rotatable bonds is 7. The van der Waals surface area contributed by atoms with Gasteiger partial charge in [-0.25, -0.2) is 0 Å². The summed E-state index contributed by atoms with van der Waals surface area (Å²) < 4.78 is 5.10. The fourth-order valence-electron chi connectivity index (χ4n) is 1.82. The van der Waals surface area contributed by atoms with Crippen molar-refractivity contribution in [3.63, 3.8) is 0 Å². The van der Waals surface area contributed by atoms with E-state index in [1.165, 1.54) is 6.08 Å². The Morgan fingerprint density at radius 2 is 2.19 bits per heavy atom. The number of aliphatic hydroxyl groups excluding tert-OH is 1. The molecule has 0 saturated heterocycles. The van der Waals surface area contributed by atoms with Crippen LogP contribution in [0.15, 0.2) is 48.1 Å². The average molecular weight is 289 g/mol. The van der Waals surface area contributed by atoms with Crippen LogP contribution in [-0.2, 0) is 4.79 Å². The quantitative estimate of drug-likeness (QED) is 0.599. The Kier molecular flexibility index (Phi) is 7.26. The number of carbonyl (C=O) groups excluding carboxylic acids is 1. The van der Waals surface area contributed by atoms with E-state index in [0.717, 1.165) is 12.0 Å². The monoisotopic (exact) mass is 289 g/mol. The third-order valence-corrected chi connectivity index (χ3v) is 3.18. The van der Waals surface area contributed by atoms with Crippen molar-refractivity contribution in [1.29, 1.82) is 0 Å². The topological polar surface area (TPSA) is 58.6 Å². The third kappa shape index (κ3) is 5.83. The second-order valence-electron chi connectivity index (χ2n) is 4.59. The fourth-order valence-corrected chi connectivity index (χ4v) is 1.82. The summed E-state index contributed by atoms with van der Waals surface area (Å²) in [5, 5.41) is 12.7. The highest BCUT2D eigenvalue weighted by Crippen LogP contribution is 2.18. The number of aliphatic hydroxyl groups is 1. The normalized spacial score (nSPS) is 13.2. The molecule has 0 saturated carbocycles. The predicted molar refractivity (Wildman–Crippen MR) is 84.2 cm³/mol. The van der Waals surface area contributed by atoms with Crippen molar-refractivity contribution in [3.8, 4) is 5.75 Å². The van der Waals surface area contributed by atoms with Crippen LogP contribution in [0.25, 0.3) is 0 Å². The molecule has 4 heteroatoms. The Labute approximate surface area is 126 Å². The highest BCUT2D eigenvalue weighted by Gasteiger charge is 2.09. The maximum atomic E-state index is 11.7. The molecule has 21 heavy (non-hydrogen) atoms. The summed E-state index contributed by atoms with van der Waals surface area (Å²) in [6, 6.07) is 7.16. The minimum atomic E-state index is -0.759. The van der Waals surface area contributed by atoms with Crippen LogP contribution in [0.3, 0.4) is 0 Å². The first-order valence-electron chi connectivity index (χ1n) is 7.03. The summed E-state index contributed by atoms with van der Waals surface area (Å²) in [7, 11) is 1.57. The van der Waals surface area contributed by atoms with E-state index in [9.17, 15) is 9.90 Å². The van der Waals surface area contributed by atoms with Gasteiger partial charge < -0.3 is 15.2 Å². The Hall–Kier alpha value is -2.07. The highest BCUT2D eigenvalue weighted by atomic mass is 16.5. The van der Waals surface area contributed by atoms with Crippen LogP contribution >= 0.6 is 0 Å². The van der Waals surface area contributed by atoms with E-state index in [4.69, 9.17) is 4.74 Å². The van der Waals surface area contributed by atoms with E-state index in [-0.39, 0.29) is 12.5 Å². The van der Waals surface area contributed by atoms with E-state index < -0.39 is 6.10 Å². The summed E-state index contributed by atoms with van der Waals surface area (Å²) in [5.41, 5.74) is 1.81. The number of nitrogens with one attached hydrogen (secondary N) is 1. The standard InChI is InChI=1S/C17H23NO3/c1-4-13(5-2)9-10-17(20)18-12-16(19)14-7-6-8-15(11-14)21-3/h4,6-11,16,19H,5,12H2,1-3H3,(H,18,20). The van der Waals surface area contributed by atoms with Crippen molar-refractivity contribution >= 4 is 5.91 Å². The molecule has 0 spiro atoms. The Morgan fingerprint density at radius 3 is 2.81 bits per heavy atom. The zero-order chi connectivity index (χ0) is 15.7. The van der Waals surface area contributed by atoms with Gasteiger partial charge in [0.25, 0.3) is 0 Å². The van der Waals surface area contributed by atoms with Crippen molar-refractivity contribution in [1.82, 2.24) is 5.32 Å². The van der Waals surface area contributed by atoms with Crippen LogP contribution in [0.4, 0.5) is 0 Å². The average Bonchev–Trinajstić information content (AvgIpc) is 2.53. The SMILES string of the molecule is CC=C(C=CC(=O)NCC(O)c1cccc(OC)c1)CC. The van der Waals surface area contributed by atoms with Crippen molar-refractivity contribution < 1.29 is 14.6 Å². The van der Waals surface area contributed by atoms with E-state index in [1.807, 2.05) is 19.9 Å². The molecule has 2 N–H and O–H groups in total. The molecule has 1 aromatic carbocycles. The number of allylic oxidation sites excluding steroid dienone is 3. The molecule has 0 aromatic heterocycles. The Balaban J connectivity index is 2.52. The van der Waals surface area contributed by atoms with E-state index in [0.29, 0.717) is 11.3 Å². The van der Waals surface area contributed by atoms with Gasteiger partial charge in [0, 0.05) is 12.6 Å². The van der Waals surface area contributed by atoms with Gasteiger partial charge in [-0.05, 0) is 31.0 Å². The zero-order valence-corrected chi connectivity index (χ0v) is 12.8. The van der Waals surface area contributed by atoms with Crippen molar-refractivity contribution in [2.45, 2.75) is 26.4 Å². The summed E-state index contributed by atoms with van der Waals surface area (Å²) in [6.45, 7) is 4.13. The van der Waals surface area contributed by atoms with E-state index in [2.05, 4.69) is 5.32 Å². The smallest absolute Gasteiger partial charge is 0.244 e. The van der Waals surface area contributed by atoms with Gasteiger partial charge in [0.15, 0.2) is 0 Å². The number of hydrogen-bond donors (Lipinski definition) is 2. The second kappa shape index (κ2) is 8.97. The first-order chi connectivity index (χ1) is 10.1. The third-order valence-electron chi connectivity index (χ3n) is 3.18. The minimum Gasteiger partial charge on any atom is -0.497 e. The molecule has 1 rings (SSSR count). The van der Waals surface area contributed by atoms with Crippen LogP contribution in [0.5, 0.6) is 5.75 Å². The molecule has 1 unspecified atom stereocenters. The first-order valence-corrected chi connectivity index (χ1v) is 7.03. The van der Waals surface area contributed by atoms with E-state index >= 15 is 0 Å². The van der Waals surface area contributed by atoms with Crippen molar-refractivity contribution in [3.05, 3.63) is 53.6 Å². The molecule has 0 bridgehead atoms. The first kappa shape index (κ1) is 17.0. The summed E-state index contributed by atoms with van der Waals surface area (Å²) in [4.78, 5) is 11.7. The molecular formula is C17H23NO3. The lowest BCUT2D eigenvalue weighted by Crippen LogP contribution is -2.26. The maximum absolute atomic E-state index is 11.7. The van der Waals surface area contributed by atoms with Gasteiger partial charge in [0.05, 0.1) is 13.2 Å². The second-order valence-corrected chi connectivity index (χ2v) is 4.59. The van der Waals surface area contributed by atoms with Gasteiger partial charge in [0.1, 0.15) is 5.75 Å². The van der Waals surface area contributed by atoms with Crippen molar-refractivity contribution in [2.75, 3.05) is 13.7 Å². The van der Waals surface area contributed by atoms with Crippen LogP contribution in [0, 0.1) is 0 Å². The zero-order valence-electron chi connectivity index (χ0n) is 12.8.